The normalized spacial score (nSPS) is 18.8. The van der Waals surface area contributed by atoms with Crippen LogP contribution in [0.15, 0.2) is 24.3 Å². The van der Waals surface area contributed by atoms with E-state index in [-0.39, 0.29) is 41.0 Å². The minimum Gasteiger partial charge on any atom is -0.476 e. The van der Waals surface area contributed by atoms with Crippen LogP contribution in [0.4, 0.5) is 20.3 Å². The maximum absolute atomic E-state index is 13.3. The zero-order valence-corrected chi connectivity index (χ0v) is 22.5. The Balaban J connectivity index is 1.41. The lowest BCUT2D eigenvalue weighted by molar-refractivity contribution is -0.132. The number of nitrogens with zero attached hydrogens (tertiary/aromatic N) is 6. The quantitative estimate of drug-likeness (QED) is 0.396. The Bertz CT molecular complexity index is 1550. The van der Waals surface area contributed by atoms with E-state index in [0.717, 1.165) is 11.1 Å². The summed E-state index contributed by atoms with van der Waals surface area (Å²) in [5.74, 6) is -4.76. The third-order valence-corrected chi connectivity index (χ3v) is 7.45. The van der Waals surface area contributed by atoms with E-state index in [0.29, 0.717) is 43.0 Å². The second-order valence-electron chi connectivity index (χ2n) is 10.2. The third-order valence-electron chi connectivity index (χ3n) is 7.24. The van der Waals surface area contributed by atoms with E-state index < -0.39 is 23.9 Å². The van der Waals surface area contributed by atoms with Crippen LogP contribution in [0.1, 0.15) is 53.1 Å². The highest BCUT2D eigenvalue weighted by Gasteiger charge is 2.57. The van der Waals surface area contributed by atoms with Gasteiger partial charge in [-0.05, 0) is 37.6 Å². The number of carboxylic acid groups (broad SMARTS) is 1. The van der Waals surface area contributed by atoms with Gasteiger partial charge in [0.1, 0.15) is 11.2 Å². The molecule has 40 heavy (non-hydrogen) atoms. The number of nitrogens with one attached hydrogen (secondary N) is 1. The summed E-state index contributed by atoms with van der Waals surface area (Å²) in [7, 11) is 0. The summed E-state index contributed by atoms with van der Waals surface area (Å²) >= 11 is 5.89. The van der Waals surface area contributed by atoms with E-state index >= 15 is 0 Å². The molecule has 0 bridgehead atoms. The van der Waals surface area contributed by atoms with Crippen molar-refractivity contribution < 1.29 is 23.5 Å². The van der Waals surface area contributed by atoms with Crippen molar-refractivity contribution in [1.29, 1.82) is 5.26 Å². The number of aromatic carboxylic acids is 1. The number of aryl methyl sites for hydroxylation is 1. The summed E-state index contributed by atoms with van der Waals surface area (Å²) in [6.45, 7) is 5.12. The van der Waals surface area contributed by atoms with Crippen LogP contribution in [0.25, 0.3) is 11.0 Å². The summed E-state index contributed by atoms with van der Waals surface area (Å²) in [5, 5.41) is 22.7. The Morgan fingerprint density at radius 3 is 2.55 bits per heavy atom. The van der Waals surface area contributed by atoms with Gasteiger partial charge < -0.3 is 20.2 Å². The number of carbonyl (C=O) groups excluding carboxylic acids is 1. The molecule has 0 unspecified atom stereocenters. The molecule has 2 fully saturated rings. The molecule has 3 heterocycles. The molecule has 2 aromatic heterocycles. The number of piperazine rings is 1. The highest BCUT2D eigenvalue weighted by Crippen LogP contribution is 2.50. The molecule has 0 radical (unpaired) electrons. The van der Waals surface area contributed by atoms with Crippen molar-refractivity contribution in [3.8, 4) is 6.07 Å². The van der Waals surface area contributed by atoms with Crippen molar-refractivity contribution in [1.82, 2.24) is 19.9 Å². The topological polar surface area (TPSA) is 135 Å². The molecule has 3 aromatic rings. The lowest BCUT2D eigenvalue weighted by atomic mass is 10.0. The van der Waals surface area contributed by atoms with E-state index in [4.69, 9.17) is 16.6 Å². The predicted molar refractivity (Wildman–Crippen MR) is 144 cm³/mol. The molecular weight excluding hydrogens is 544 g/mol. The van der Waals surface area contributed by atoms with Crippen molar-refractivity contribution in [2.24, 2.45) is 5.92 Å². The second-order valence-corrected chi connectivity index (χ2v) is 10.6. The molecule has 0 spiro atoms. The number of halogens is 3. The van der Waals surface area contributed by atoms with Gasteiger partial charge in [-0.1, -0.05) is 17.7 Å². The monoisotopic (exact) mass is 569 g/mol. The Morgan fingerprint density at radius 2 is 1.93 bits per heavy atom. The zero-order chi connectivity index (χ0) is 28.8. The molecule has 1 amide bonds. The Kier molecular flexibility index (Phi) is 7.18. The molecule has 1 saturated heterocycles. The highest BCUT2D eigenvalue weighted by molar-refractivity contribution is 6.29. The van der Waals surface area contributed by atoms with Gasteiger partial charge in [0.05, 0.1) is 22.8 Å². The van der Waals surface area contributed by atoms with Crippen molar-refractivity contribution >= 4 is 46.0 Å². The SMILES string of the molecule is Cc1cc([C@@H](C)Nc2ccc(Cl)nc2C(=O)O)c2nc(N3CCN(C(=O)C[C@@H]4CC4(F)F)CC3)c(C#N)nc2c1. The second kappa shape index (κ2) is 10.5. The van der Waals surface area contributed by atoms with Gasteiger partial charge in [-0.15, -0.1) is 0 Å². The van der Waals surface area contributed by atoms with Gasteiger partial charge in [-0.25, -0.2) is 28.5 Å². The van der Waals surface area contributed by atoms with Gasteiger partial charge in [0.15, 0.2) is 17.2 Å². The van der Waals surface area contributed by atoms with Gasteiger partial charge in [-0.3, -0.25) is 4.79 Å². The first-order chi connectivity index (χ1) is 19.0. The number of fused-ring (bicyclic) bond motifs is 1. The van der Waals surface area contributed by atoms with Crippen LogP contribution in [0.3, 0.4) is 0 Å². The fraction of sp³-hybridized carbons (Fsp3) is 0.407. The number of rotatable bonds is 7. The first-order valence-corrected chi connectivity index (χ1v) is 13.1. The van der Waals surface area contributed by atoms with Crippen LogP contribution in [0.5, 0.6) is 0 Å². The van der Waals surface area contributed by atoms with Crippen LogP contribution in [0, 0.1) is 24.2 Å². The fourth-order valence-electron chi connectivity index (χ4n) is 4.97. The highest BCUT2D eigenvalue weighted by atomic mass is 35.5. The van der Waals surface area contributed by atoms with Gasteiger partial charge in [0, 0.05) is 50.5 Å². The number of hydrogen-bond donors (Lipinski definition) is 2. The van der Waals surface area contributed by atoms with E-state index in [1.54, 1.807) is 11.0 Å². The fourth-order valence-corrected chi connectivity index (χ4v) is 5.12. The Morgan fingerprint density at radius 1 is 1.23 bits per heavy atom. The standard InChI is InChI=1S/C27H26ClF2N7O3/c1-14-9-17(15(2)32-18-3-4-21(28)34-24(18)26(39)40)23-19(10-14)33-20(13-31)25(35-23)37-7-5-36(6-8-37)22(38)11-16-12-27(16,29)30/h3-4,9-10,15-16,32H,5-8,11-12H2,1-2H3,(H,39,40)/t15-,16-/m1/s1. The first kappa shape index (κ1) is 27.5. The number of benzene rings is 1. The average Bonchev–Trinajstić information content (AvgIpc) is 3.53. The minimum absolute atomic E-state index is 0.0587. The summed E-state index contributed by atoms with van der Waals surface area (Å²) in [4.78, 5) is 41.0. The lowest BCUT2D eigenvalue weighted by Gasteiger charge is -2.35. The van der Waals surface area contributed by atoms with E-state index in [2.05, 4.69) is 21.4 Å². The smallest absolute Gasteiger partial charge is 0.356 e. The van der Waals surface area contributed by atoms with E-state index in [1.807, 2.05) is 30.9 Å². The molecule has 2 N–H and O–H groups in total. The summed E-state index contributed by atoms with van der Waals surface area (Å²) in [6, 6.07) is 8.47. The molecule has 5 rings (SSSR count). The number of carbonyl (C=O) groups is 2. The van der Waals surface area contributed by atoms with Crippen LogP contribution in [0.2, 0.25) is 5.15 Å². The zero-order valence-electron chi connectivity index (χ0n) is 21.8. The molecular formula is C27H26ClF2N7O3. The molecule has 13 heteroatoms. The number of alkyl halides is 2. The van der Waals surface area contributed by atoms with Crippen LogP contribution < -0.4 is 10.2 Å². The number of nitriles is 1. The number of amides is 1. The summed E-state index contributed by atoms with van der Waals surface area (Å²) < 4.78 is 26.5. The first-order valence-electron chi connectivity index (χ1n) is 12.8. The van der Waals surface area contributed by atoms with Crippen molar-refractivity contribution in [2.45, 2.75) is 38.7 Å². The summed E-state index contributed by atoms with van der Waals surface area (Å²) in [5.41, 5.74) is 2.86. The molecule has 10 nitrogen and oxygen atoms in total. The van der Waals surface area contributed by atoms with Crippen LogP contribution in [-0.4, -0.2) is 68.9 Å². The van der Waals surface area contributed by atoms with Crippen molar-refractivity contribution in [3.05, 3.63) is 51.9 Å². The molecule has 2 aliphatic rings. The molecule has 1 aliphatic heterocycles. The predicted octanol–water partition coefficient (Wildman–Crippen LogP) is 4.42. The van der Waals surface area contributed by atoms with E-state index in [1.165, 1.54) is 6.07 Å². The number of anilines is 2. The molecule has 208 valence electrons. The van der Waals surface area contributed by atoms with Gasteiger partial charge >= 0.3 is 5.97 Å². The lowest BCUT2D eigenvalue weighted by Crippen LogP contribution is -2.49. The number of hydrogen-bond acceptors (Lipinski definition) is 8. The Labute approximate surface area is 233 Å². The molecule has 2 atom stereocenters. The van der Waals surface area contributed by atoms with Gasteiger partial charge in [-0.2, -0.15) is 5.26 Å². The maximum Gasteiger partial charge on any atom is 0.356 e. The van der Waals surface area contributed by atoms with Crippen molar-refractivity contribution in [3.63, 3.8) is 0 Å². The van der Waals surface area contributed by atoms with Gasteiger partial charge in [0.25, 0.3) is 5.92 Å². The Hall–Kier alpha value is -4.11. The van der Waals surface area contributed by atoms with Crippen LogP contribution >= 0.6 is 11.6 Å². The van der Waals surface area contributed by atoms with Crippen LogP contribution in [-0.2, 0) is 4.79 Å². The number of carboxylic acids is 1. The molecule has 1 aromatic carbocycles. The number of pyridine rings is 1. The van der Waals surface area contributed by atoms with Crippen molar-refractivity contribution in [2.75, 3.05) is 36.4 Å². The average molecular weight is 570 g/mol. The summed E-state index contributed by atoms with van der Waals surface area (Å²) in [6.07, 6.45) is -0.398. The number of aromatic nitrogens is 3. The largest absolute Gasteiger partial charge is 0.476 e. The third kappa shape index (κ3) is 5.47. The van der Waals surface area contributed by atoms with E-state index in [9.17, 15) is 28.7 Å². The molecule has 1 aliphatic carbocycles. The minimum atomic E-state index is -2.73. The van der Waals surface area contributed by atoms with Gasteiger partial charge in [0.2, 0.25) is 5.91 Å². The maximum atomic E-state index is 13.3. The molecule has 1 saturated carbocycles.